The fraction of sp³-hybridized carbons (Fsp3) is 0.385. The summed E-state index contributed by atoms with van der Waals surface area (Å²) in [7, 11) is 0. The summed E-state index contributed by atoms with van der Waals surface area (Å²) in [4.78, 5) is 54.4. The Bertz CT molecular complexity index is 1180. The van der Waals surface area contributed by atoms with Crippen LogP contribution in [0.3, 0.4) is 0 Å². The number of rotatable bonds is 5. The molecule has 2 aromatic carbocycles. The number of para-hydroxylation sites is 1. The van der Waals surface area contributed by atoms with Gasteiger partial charge in [0, 0.05) is 16.5 Å². The molecule has 0 bridgehead atoms. The maximum Gasteiger partial charge on any atom is 0.430 e. The van der Waals surface area contributed by atoms with E-state index in [2.05, 4.69) is 21.4 Å². The molecule has 0 saturated heterocycles. The predicted molar refractivity (Wildman–Crippen MR) is 139 cm³/mol. The highest BCUT2D eigenvalue weighted by molar-refractivity contribution is 9.10. The van der Waals surface area contributed by atoms with Gasteiger partial charge in [0.25, 0.3) is 5.91 Å². The Morgan fingerprint density at radius 2 is 1.62 bits per heavy atom. The predicted octanol–water partition coefficient (Wildman–Crippen LogP) is 5.29. The van der Waals surface area contributed by atoms with Gasteiger partial charge in [-0.25, -0.2) is 24.7 Å². The standard InChI is InChI=1S/C26H30BrN3O7/c1-6-35-22(32)28-30(24(34)36-7-2)26(16-17-12-14-18(27)15-13-17)19-10-8-9-11-20(19)29(21(26)31)23(33)37-25(3,4)5/h8-15H,6-7,16H2,1-5H3,(H,28,32)/t26-/m0/s1. The molecule has 0 saturated carbocycles. The molecule has 37 heavy (non-hydrogen) atoms. The Kier molecular flexibility index (Phi) is 8.47. The summed E-state index contributed by atoms with van der Waals surface area (Å²) < 4.78 is 16.6. The molecule has 4 amide bonds. The molecule has 10 nitrogen and oxygen atoms in total. The number of fused-ring (bicyclic) bond motifs is 1. The molecule has 198 valence electrons. The van der Waals surface area contributed by atoms with Gasteiger partial charge in [0.05, 0.1) is 18.9 Å². The van der Waals surface area contributed by atoms with Crippen LogP contribution in [-0.2, 0) is 31.0 Å². The molecule has 1 aliphatic rings. The summed E-state index contributed by atoms with van der Waals surface area (Å²) in [5, 5.41) is 0.808. The van der Waals surface area contributed by atoms with Crippen LogP contribution in [0.15, 0.2) is 53.0 Å². The molecule has 1 aliphatic heterocycles. The average molecular weight is 576 g/mol. The lowest BCUT2D eigenvalue weighted by molar-refractivity contribution is -0.131. The van der Waals surface area contributed by atoms with Gasteiger partial charge in [-0.3, -0.25) is 4.79 Å². The van der Waals surface area contributed by atoms with Crippen LogP contribution in [0.5, 0.6) is 0 Å². The summed E-state index contributed by atoms with van der Waals surface area (Å²) in [5.41, 5.74) is 0.762. The first-order valence-corrected chi connectivity index (χ1v) is 12.6. The summed E-state index contributed by atoms with van der Waals surface area (Å²) >= 11 is 3.39. The molecular weight excluding hydrogens is 546 g/mol. The van der Waals surface area contributed by atoms with Crippen molar-refractivity contribution in [3.05, 3.63) is 64.1 Å². The van der Waals surface area contributed by atoms with E-state index in [1.165, 1.54) is 0 Å². The molecule has 0 aromatic heterocycles. The van der Waals surface area contributed by atoms with E-state index in [0.717, 1.165) is 14.4 Å². The Morgan fingerprint density at radius 1 is 1.00 bits per heavy atom. The van der Waals surface area contributed by atoms with Crippen LogP contribution < -0.4 is 10.3 Å². The Hall–Kier alpha value is -3.60. The first-order chi connectivity index (χ1) is 17.4. The van der Waals surface area contributed by atoms with Crippen molar-refractivity contribution in [2.75, 3.05) is 18.1 Å². The van der Waals surface area contributed by atoms with Crippen molar-refractivity contribution in [1.82, 2.24) is 10.4 Å². The van der Waals surface area contributed by atoms with Gasteiger partial charge in [0.15, 0.2) is 5.54 Å². The fourth-order valence-electron chi connectivity index (χ4n) is 4.02. The Labute approximate surface area is 223 Å². The largest absolute Gasteiger partial charge is 0.449 e. The summed E-state index contributed by atoms with van der Waals surface area (Å²) in [6.45, 7) is 8.24. The zero-order valence-electron chi connectivity index (χ0n) is 21.4. The van der Waals surface area contributed by atoms with Crippen LogP contribution in [0.25, 0.3) is 0 Å². The van der Waals surface area contributed by atoms with Crippen LogP contribution >= 0.6 is 15.9 Å². The number of anilines is 1. The minimum atomic E-state index is -1.90. The molecular formula is C26H30BrN3O7. The van der Waals surface area contributed by atoms with Gasteiger partial charge in [-0.2, -0.15) is 5.01 Å². The first kappa shape index (κ1) is 28.0. The third-order valence-corrected chi connectivity index (χ3v) is 5.94. The van der Waals surface area contributed by atoms with Crippen molar-refractivity contribution >= 4 is 45.8 Å². The molecule has 0 fully saturated rings. The average Bonchev–Trinajstić information content (AvgIpc) is 3.06. The second kappa shape index (κ2) is 11.2. The quantitative estimate of drug-likeness (QED) is 0.380. The van der Waals surface area contributed by atoms with Crippen molar-refractivity contribution in [3.8, 4) is 0 Å². The van der Waals surface area contributed by atoms with Crippen molar-refractivity contribution < 1.29 is 33.4 Å². The van der Waals surface area contributed by atoms with Crippen LogP contribution in [0.4, 0.5) is 20.1 Å². The lowest BCUT2D eigenvalue weighted by Gasteiger charge is -2.38. The number of benzene rings is 2. The summed E-state index contributed by atoms with van der Waals surface area (Å²) in [6, 6.07) is 13.6. The smallest absolute Gasteiger partial charge is 0.430 e. The SMILES string of the molecule is CCOC(=O)NN(C(=O)OCC)[C@]1(Cc2ccc(Br)cc2)C(=O)N(C(=O)OC(C)(C)C)c2ccccc21. The highest BCUT2D eigenvalue weighted by atomic mass is 79.9. The third-order valence-electron chi connectivity index (χ3n) is 5.41. The maximum absolute atomic E-state index is 14.3. The molecule has 0 spiro atoms. The third kappa shape index (κ3) is 5.87. The number of ether oxygens (including phenoxy) is 3. The number of nitrogens with zero attached hydrogens (tertiary/aromatic N) is 2. The Morgan fingerprint density at radius 3 is 2.22 bits per heavy atom. The monoisotopic (exact) mass is 575 g/mol. The molecule has 1 atom stereocenters. The molecule has 1 N–H and O–H groups in total. The van der Waals surface area contributed by atoms with Gasteiger partial charge in [-0.15, -0.1) is 0 Å². The second-order valence-corrected chi connectivity index (χ2v) is 10.1. The van der Waals surface area contributed by atoms with E-state index < -0.39 is 35.3 Å². The van der Waals surface area contributed by atoms with Crippen molar-refractivity contribution in [2.45, 2.75) is 52.2 Å². The van der Waals surface area contributed by atoms with Crippen LogP contribution in [-0.4, -0.2) is 48.0 Å². The number of amides is 4. The van der Waals surface area contributed by atoms with Gasteiger partial charge >= 0.3 is 18.3 Å². The highest BCUT2D eigenvalue weighted by Crippen LogP contribution is 2.46. The number of halogens is 1. The molecule has 2 aromatic rings. The van der Waals surface area contributed by atoms with E-state index in [1.54, 1.807) is 83.1 Å². The molecule has 1 heterocycles. The van der Waals surface area contributed by atoms with E-state index in [4.69, 9.17) is 14.2 Å². The van der Waals surface area contributed by atoms with E-state index in [0.29, 0.717) is 11.1 Å². The highest BCUT2D eigenvalue weighted by Gasteiger charge is 2.60. The molecule has 0 aliphatic carbocycles. The minimum absolute atomic E-state index is 0.0246. The van der Waals surface area contributed by atoms with Gasteiger partial charge in [0.1, 0.15) is 5.60 Å². The number of hydrazine groups is 1. The maximum atomic E-state index is 14.3. The van der Waals surface area contributed by atoms with E-state index in [-0.39, 0.29) is 25.3 Å². The number of hydrogen-bond donors (Lipinski definition) is 1. The molecule has 11 heteroatoms. The normalized spacial score (nSPS) is 16.6. The number of hydrogen-bond acceptors (Lipinski definition) is 7. The number of nitrogens with one attached hydrogen (secondary N) is 1. The topological polar surface area (TPSA) is 114 Å². The van der Waals surface area contributed by atoms with Gasteiger partial charge in [-0.05, 0) is 58.4 Å². The van der Waals surface area contributed by atoms with Crippen molar-refractivity contribution in [2.24, 2.45) is 0 Å². The number of carbonyl (C=O) groups excluding carboxylic acids is 4. The van der Waals surface area contributed by atoms with Crippen LogP contribution in [0.2, 0.25) is 0 Å². The van der Waals surface area contributed by atoms with Crippen molar-refractivity contribution in [1.29, 1.82) is 0 Å². The minimum Gasteiger partial charge on any atom is -0.449 e. The van der Waals surface area contributed by atoms with Gasteiger partial charge < -0.3 is 14.2 Å². The summed E-state index contributed by atoms with van der Waals surface area (Å²) in [6.07, 6.45) is -2.98. The lowest BCUT2D eigenvalue weighted by atomic mass is 9.84. The van der Waals surface area contributed by atoms with Gasteiger partial charge in [-0.1, -0.05) is 46.3 Å². The zero-order valence-corrected chi connectivity index (χ0v) is 23.0. The van der Waals surface area contributed by atoms with Crippen LogP contribution in [0.1, 0.15) is 45.7 Å². The number of carbonyl (C=O) groups is 4. The van der Waals surface area contributed by atoms with E-state index in [9.17, 15) is 19.2 Å². The molecule has 3 rings (SSSR count). The second-order valence-electron chi connectivity index (χ2n) is 9.17. The fourth-order valence-corrected chi connectivity index (χ4v) is 4.28. The molecule has 0 radical (unpaired) electrons. The van der Waals surface area contributed by atoms with E-state index in [1.807, 2.05) is 0 Å². The lowest BCUT2D eigenvalue weighted by Crippen LogP contribution is -2.63. The van der Waals surface area contributed by atoms with Gasteiger partial charge in [0.2, 0.25) is 0 Å². The first-order valence-electron chi connectivity index (χ1n) is 11.8. The molecule has 0 unspecified atom stereocenters. The zero-order chi connectivity index (χ0) is 27.4. The Balaban J connectivity index is 2.27. The van der Waals surface area contributed by atoms with Crippen molar-refractivity contribution in [3.63, 3.8) is 0 Å². The number of imide groups is 1. The summed E-state index contributed by atoms with van der Waals surface area (Å²) in [5.74, 6) is -0.796. The van der Waals surface area contributed by atoms with E-state index >= 15 is 0 Å². The van der Waals surface area contributed by atoms with Crippen LogP contribution in [0, 0.1) is 0 Å².